The summed E-state index contributed by atoms with van der Waals surface area (Å²) in [6.07, 6.45) is -0.611. The highest BCUT2D eigenvalue weighted by molar-refractivity contribution is 5.82. The number of phenols is 1. The van der Waals surface area contributed by atoms with Crippen molar-refractivity contribution >= 4 is 5.78 Å². The van der Waals surface area contributed by atoms with E-state index in [9.17, 15) is 9.90 Å². The van der Waals surface area contributed by atoms with E-state index >= 15 is 0 Å². The zero-order valence-electron chi connectivity index (χ0n) is 9.69. The molecule has 1 aromatic carbocycles. The van der Waals surface area contributed by atoms with Gasteiger partial charge in [-0.3, -0.25) is 4.79 Å². The predicted molar refractivity (Wildman–Crippen MR) is 59.7 cm³/mol. The van der Waals surface area contributed by atoms with Crippen molar-refractivity contribution in [1.82, 2.24) is 0 Å². The van der Waals surface area contributed by atoms with Gasteiger partial charge in [0, 0.05) is 7.11 Å². The van der Waals surface area contributed by atoms with Crippen LogP contribution >= 0.6 is 0 Å². The maximum Gasteiger partial charge on any atom is 0.163 e. The summed E-state index contributed by atoms with van der Waals surface area (Å²) in [5.41, 5.74) is 0.677. The van der Waals surface area contributed by atoms with Crippen LogP contribution in [0.15, 0.2) is 18.2 Å². The van der Waals surface area contributed by atoms with Crippen LogP contribution in [0.4, 0.5) is 0 Å². The van der Waals surface area contributed by atoms with Gasteiger partial charge in [-0.25, -0.2) is 0 Å². The van der Waals surface area contributed by atoms with E-state index in [1.54, 1.807) is 12.1 Å². The van der Waals surface area contributed by atoms with Crippen LogP contribution in [-0.4, -0.2) is 24.6 Å². The number of aromatic hydroxyl groups is 1. The van der Waals surface area contributed by atoms with Crippen molar-refractivity contribution in [3.05, 3.63) is 23.8 Å². The smallest absolute Gasteiger partial charge is 0.163 e. The second-order valence-corrected chi connectivity index (χ2v) is 3.39. The summed E-state index contributed by atoms with van der Waals surface area (Å²) in [5, 5.41) is 9.51. The van der Waals surface area contributed by atoms with E-state index in [1.165, 1.54) is 20.1 Å². The summed E-state index contributed by atoms with van der Waals surface area (Å²) in [4.78, 5) is 11.3. The summed E-state index contributed by atoms with van der Waals surface area (Å²) in [6.45, 7) is 3.74. The highest BCUT2D eigenvalue weighted by Gasteiger charge is 2.17. The Morgan fingerprint density at radius 3 is 2.69 bits per heavy atom. The second kappa shape index (κ2) is 5.51. The van der Waals surface area contributed by atoms with Gasteiger partial charge in [0.2, 0.25) is 0 Å². The van der Waals surface area contributed by atoms with Crippen LogP contribution in [0.3, 0.4) is 0 Å². The van der Waals surface area contributed by atoms with Crippen LogP contribution < -0.4 is 4.74 Å². The number of carbonyl (C=O) groups is 1. The SMILES string of the molecule is CCOc1cc(C(OC)C(C)=O)ccc1O. The molecule has 0 aliphatic heterocycles. The molecule has 1 N–H and O–H groups in total. The van der Waals surface area contributed by atoms with E-state index < -0.39 is 6.10 Å². The first kappa shape index (κ1) is 12.5. The van der Waals surface area contributed by atoms with Crippen molar-refractivity contribution in [2.75, 3.05) is 13.7 Å². The Bertz CT molecular complexity index is 373. The maximum absolute atomic E-state index is 11.3. The van der Waals surface area contributed by atoms with Crippen LogP contribution in [0, 0.1) is 0 Å². The Hall–Kier alpha value is -1.55. The van der Waals surface area contributed by atoms with Gasteiger partial charge in [0.05, 0.1) is 6.61 Å². The number of Topliss-reactive ketones (excluding diaryl/α,β-unsaturated/α-hetero) is 1. The highest BCUT2D eigenvalue weighted by atomic mass is 16.5. The Kier molecular flexibility index (Phi) is 4.31. The van der Waals surface area contributed by atoms with Crippen molar-refractivity contribution < 1.29 is 19.4 Å². The van der Waals surface area contributed by atoms with Crippen LogP contribution in [0.25, 0.3) is 0 Å². The van der Waals surface area contributed by atoms with E-state index in [1.807, 2.05) is 6.92 Å². The molecule has 0 spiro atoms. The average Bonchev–Trinajstić information content (AvgIpc) is 2.23. The molecule has 0 saturated heterocycles. The quantitative estimate of drug-likeness (QED) is 0.831. The number of hydrogen-bond donors (Lipinski definition) is 1. The molecule has 1 rings (SSSR count). The zero-order chi connectivity index (χ0) is 12.1. The van der Waals surface area contributed by atoms with E-state index in [-0.39, 0.29) is 11.5 Å². The van der Waals surface area contributed by atoms with Crippen LogP contribution in [0.1, 0.15) is 25.5 Å². The summed E-state index contributed by atoms with van der Waals surface area (Å²) in [6, 6.07) is 4.76. The zero-order valence-corrected chi connectivity index (χ0v) is 9.69. The molecule has 0 amide bonds. The molecule has 88 valence electrons. The highest BCUT2D eigenvalue weighted by Crippen LogP contribution is 2.30. The number of ketones is 1. The first-order valence-corrected chi connectivity index (χ1v) is 5.09. The van der Waals surface area contributed by atoms with Crippen molar-refractivity contribution in [3.8, 4) is 11.5 Å². The third-order valence-corrected chi connectivity index (χ3v) is 2.19. The molecule has 0 saturated carbocycles. The lowest BCUT2D eigenvalue weighted by molar-refractivity contribution is -0.126. The van der Waals surface area contributed by atoms with Gasteiger partial charge < -0.3 is 14.6 Å². The number of carbonyl (C=O) groups excluding carboxylic acids is 1. The number of rotatable bonds is 5. The fourth-order valence-corrected chi connectivity index (χ4v) is 1.50. The molecular weight excluding hydrogens is 208 g/mol. The fraction of sp³-hybridized carbons (Fsp3) is 0.417. The van der Waals surface area contributed by atoms with Gasteiger partial charge in [-0.1, -0.05) is 6.07 Å². The van der Waals surface area contributed by atoms with Gasteiger partial charge in [0.15, 0.2) is 17.3 Å². The second-order valence-electron chi connectivity index (χ2n) is 3.39. The minimum absolute atomic E-state index is 0.0593. The molecule has 0 heterocycles. The molecule has 0 aromatic heterocycles. The molecule has 0 radical (unpaired) electrons. The number of hydrogen-bond acceptors (Lipinski definition) is 4. The van der Waals surface area contributed by atoms with Gasteiger partial charge in [-0.2, -0.15) is 0 Å². The molecule has 16 heavy (non-hydrogen) atoms. The van der Waals surface area contributed by atoms with Gasteiger partial charge in [-0.05, 0) is 31.5 Å². The van der Waals surface area contributed by atoms with Crippen LogP contribution in [0.5, 0.6) is 11.5 Å². The standard InChI is InChI=1S/C12H16O4/c1-4-16-11-7-9(5-6-10(11)14)12(15-3)8(2)13/h5-7,12,14H,4H2,1-3H3. The molecule has 0 aliphatic rings. The van der Waals surface area contributed by atoms with Gasteiger partial charge in [-0.15, -0.1) is 0 Å². The predicted octanol–water partition coefficient (Wildman–Crippen LogP) is 2.07. The Labute approximate surface area is 94.8 Å². The normalized spacial score (nSPS) is 12.2. The first-order chi connectivity index (χ1) is 7.60. The van der Waals surface area contributed by atoms with Gasteiger partial charge in [0.1, 0.15) is 6.10 Å². The average molecular weight is 224 g/mol. The van der Waals surface area contributed by atoms with Gasteiger partial charge in [0.25, 0.3) is 0 Å². The largest absolute Gasteiger partial charge is 0.504 e. The van der Waals surface area contributed by atoms with Crippen LogP contribution in [0.2, 0.25) is 0 Å². The lowest BCUT2D eigenvalue weighted by Gasteiger charge is -2.14. The monoisotopic (exact) mass is 224 g/mol. The molecule has 1 atom stereocenters. The molecule has 4 heteroatoms. The molecule has 0 fully saturated rings. The van der Waals surface area contributed by atoms with E-state index in [4.69, 9.17) is 9.47 Å². The lowest BCUT2D eigenvalue weighted by atomic mass is 10.1. The van der Waals surface area contributed by atoms with Crippen molar-refractivity contribution in [1.29, 1.82) is 0 Å². The molecule has 0 bridgehead atoms. The Morgan fingerprint density at radius 2 is 2.19 bits per heavy atom. The number of phenolic OH excluding ortho intramolecular Hbond substituents is 1. The van der Waals surface area contributed by atoms with E-state index in [0.29, 0.717) is 17.9 Å². The lowest BCUT2D eigenvalue weighted by Crippen LogP contribution is -2.11. The summed E-state index contributed by atoms with van der Waals surface area (Å²) < 4.78 is 10.3. The molecule has 4 nitrogen and oxygen atoms in total. The van der Waals surface area contributed by atoms with E-state index in [0.717, 1.165) is 0 Å². The van der Waals surface area contributed by atoms with Gasteiger partial charge >= 0.3 is 0 Å². The minimum Gasteiger partial charge on any atom is -0.504 e. The molecular formula is C12H16O4. The molecule has 0 aliphatic carbocycles. The number of ether oxygens (including phenoxy) is 2. The van der Waals surface area contributed by atoms with Crippen molar-refractivity contribution in [2.45, 2.75) is 20.0 Å². The number of benzene rings is 1. The summed E-state index contributed by atoms with van der Waals surface area (Å²) in [5.74, 6) is 0.336. The Morgan fingerprint density at radius 1 is 1.50 bits per heavy atom. The van der Waals surface area contributed by atoms with Crippen LogP contribution in [-0.2, 0) is 9.53 Å². The summed E-state index contributed by atoms with van der Waals surface area (Å²) in [7, 11) is 1.47. The summed E-state index contributed by atoms with van der Waals surface area (Å²) >= 11 is 0. The van der Waals surface area contributed by atoms with Crippen molar-refractivity contribution in [2.24, 2.45) is 0 Å². The fourth-order valence-electron chi connectivity index (χ4n) is 1.50. The van der Waals surface area contributed by atoms with E-state index in [2.05, 4.69) is 0 Å². The number of methoxy groups -OCH3 is 1. The first-order valence-electron chi connectivity index (χ1n) is 5.09. The molecule has 1 aromatic rings. The third-order valence-electron chi connectivity index (χ3n) is 2.19. The maximum atomic E-state index is 11.3. The Balaban J connectivity index is 3.05. The topological polar surface area (TPSA) is 55.8 Å². The van der Waals surface area contributed by atoms with Crippen molar-refractivity contribution in [3.63, 3.8) is 0 Å². The molecule has 1 unspecified atom stereocenters. The third kappa shape index (κ3) is 2.73. The minimum atomic E-state index is -0.611.